The van der Waals surface area contributed by atoms with Gasteiger partial charge >= 0.3 is 5.97 Å². The predicted molar refractivity (Wildman–Crippen MR) is 63.6 cm³/mol. The average Bonchev–Trinajstić information content (AvgIpc) is 2.14. The van der Waals surface area contributed by atoms with Crippen LogP contribution in [0.15, 0.2) is 12.1 Å². The van der Waals surface area contributed by atoms with Crippen LogP contribution in [0.4, 0.5) is 0 Å². The van der Waals surface area contributed by atoms with Crippen LogP contribution >= 0.6 is 0 Å². The molecule has 0 aliphatic rings. The van der Waals surface area contributed by atoms with Crippen molar-refractivity contribution >= 4 is 11.9 Å². The van der Waals surface area contributed by atoms with E-state index in [9.17, 15) is 9.59 Å². The van der Waals surface area contributed by atoms with Crippen LogP contribution < -0.4 is 5.73 Å². The Hall–Kier alpha value is -2.28. The van der Waals surface area contributed by atoms with Crippen molar-refractivity contribution < 1.29 is 14.7 Å². The van der Waals surface area contributed by atoms with E-state index in [1.54, 1.807) is 26.0 Å². The average molecular weight is 231 g/mol. The van der Waals surface area contributed by atoms with E-state index in [1.807, 2.05) is 0 Å². The zero-order valence-electron chi connectivity index (χ0n) is 9.70. The van der Waals surface area contributed by atoms with Crippen LogP contribution in [0.1, 0.15) is 33.5 Å². The Balaban J connectivity index is 3.09. The van der Waals surface area contributed by atoms with Crippen molar-refractivity contribution in [3.8, 4) is 11.8 Å². The van der Waals surface area contributed by atoms with E-state index in [2.05, 4.69) is 11.8 Å². The molecule has 0 heterocycles. The van der Waals surface area contributed by atoms with Gasteiger partial charge in [0.05, 0.1) is 12.0 Å². The highest BCUT2D eigenvalue weighted by atomic mass is 16.4. The number of carboxylic acid groups (broad SMARTS) is 1. The molecule has 4 nitrogen and oxygen atoms in total. The molecule has 0 aromatic heterocycles. The highest BCUT2D eigenvalue weighted by Gasteiger charge is 2.10. The fraction of sp³-hybridized carbons (Fsp3) is 0.231. The summed E-state index contributed by atoms with van der Waals surface area (Å²) in [5.41, 5.74) is 7.25. The lowest BCUT2D eigenvalue weighted by atomic mass is 9.99. The SMILES string of the molecule is Cc1cc(C#CCC(N)=O)cc(C)c1C(=O)O. The van der Waals surface area contributed by atoms with Gasteiger partial charge < -0.3 is 10.8 Å². The lowest BCUT2D eigenvalue weighted by molar-refractivity contribution is -0.117. The van der Waals surface area contributed by atoms with E-state index in [0.717, 1.165) is 0 Å². The lowest BCUT2D eigenvalue weighted by Gasteiger charge is -2.05. The zero-order valence-corrected chi connectivity index (χ0v) is 9.70. The van der Waals surface area contributed by atoms with Crippen LogP contribution in [0.3, 0.4) is 0 Å². The third kappa shape index (κ3) is 3.35. The summed E-state index contributed by atoms with van der Waals surface area (Å²) in [6, 6.07) is 3.37. The first-order chi connectivity index (χ1) is 7.91. The Morgan fingerprint density at radius 3 is 2.24 bits per heavy atom. The minimum Gasteiger partial charge on any atom is -0.478 e. The minimum atomic E-state index is -0.948. The highest BCUT2D eigenvalue weighted by Crippen LogP contribution is 2.16. The van der Waals surface area contributed by atoms with Crippen molar-refractivity contribution in [1.82, 2.24) is 0 Å². The number of rotatable bonds is 2. The zero-order chi connectivity index (χ0) is 13.0. The third-order valence-electron chi connectivity index (χ3n) is 2.24. The molecule has 1 aromatic rings. The molecule has 88 valence electrons. The first kappa shape index (κ1) is 12.8. The molecule has 1 aromatic carbocycles. The van der Waals surface area contributed by atoms with Crippen molar-refractivity contribution in [2.75, 3.05) is 0 Å². The fourth-order valence-corrected chi connectivity index (χ4v) is 1.61. The van der Waals surface area contributed by atoms with E-state index < -0.39 is 11.9 Å². The molecule has 4 heteroatoms. The summed E-state index contributed by atoms with van der Waals surface area (Å²) in [6.07, 6.45) is -0.00121. The predicted octanol–water partition coefficient (Wildman–Crippen LogP) is 1.23. The van der Waals surface area contributed by atoms with Crippen LogP contribution in [-0.2, 0) is 4.79 Å². The van der Waals surface area contributed by atoms with Gasteiger partial charge in [-0.15, -0.1) is 0 Å². The summed E-state index contributed by atoms with van der Waals surface area (Å²) in [4.78, 5) is 21.5. The van der Waals surface area contributed by atoms with Gasteiger partial charge in [0, 0.05) is 5.56 Å². The largest absolute Gasteiger partial charge is 0.478 e. The number of aryl methyl sites for hydroxylation is 2. The minimum absolute atomic E-state index is 0.00121. The van der Waals surface area contributed by atoms with Crippen LogP contribution in [0.5, 0.6) is 0 Å². The van der Waals surface area contributed by atoms with Crippen molar-refractivity contribution in [3.05, 3.63) is 34.4 Å². The first-order valence-corrected chi connectivity index (χ1v) is 5.03. The Bertz CT molecular complexity index is 512. The van der Waals surface area contributed by atoms with Crippen LogP contribution in [0, 0.1) is 25.7 Å². The van der Waals surface area contributed by atoms with E-state index in [1.165, 1.54) is 0 Å². The second-order valence-electron chi connectivity index (χ2n) is 3.74. The monoisotopic (exact) mass is 231 g/mol. The number of amides is 1. The molecule has 17 heavy (non-hydrogen) atoms. The molecule has 3 N–H and O–H groups in total. The highest BCUT2D eigenvalue weighted by molar-refractivity contribution is 5.91. The number of hydrogen-bond acceptors (Lipinski definition) is 2. The molecule has 1 amide bonds. The molecule has 0 radical (unpaired) electrons. The number of aromatic carboxylic acids is 1. The van der Waals surface area contributed by atoms with Gasteiger partial charge in [0.15, 0.2) is 0 Å². The maximum Gasteiger partial charge on any atom is 0.336 e. The normalized spacial score (nSPS) is 9.29. The van der Waals surface area contributed by atoms with Gasteiger partial charge in [-0.25, -0.2) is 4.79 Å². The Morgan fingerprint density at radius 2 is 1.82 bits per heavy atom. The first-order valence-electron chi connectivity index (χ1n) is 5.03. The number of carbonyl (C=O) groups is 2. The maximum atomic E-state index is 11.0. The molecule has 0 aliphatic carbocycles. The Morgan fingerprint density at radius 1 is 1.29 bits per heavy atom. The number of primary amides is 1. The van der Waals surface area contributed by atoms with Crippen molar-refractivity contribution in [2.24, 2.45) is 5.73 Å². The van der Waals surface area contributed by atoms with E-state index in [0.29, 0.717) is 22.3 Å². The third-order valence-corrected chi connectivity index (χ3v) is 2.24. The number of carbonyl (C=O) groups excluding carboxylic acids is 1. The van der Waals surface area contributed by atoms with E-state index in [4.69, 9.17) is 10.8 Å². The molecule has 0 spiro atoms. The summed E-state index contributed by atoms with van der Waals surface area (Å²) in [6.45, 7) is 3.44. The van der Waals surface area contributed by atoms with E-state index in [-0.39, 0.29) is 6.42 Å². The summed E-state index contributed by atoms with van der Waals surface area (Å²) in [5, 5.41) is 8.99. The second-order valence-corrected chi connectivity index (χ2v) is 3.74. The van der Waals surface area contributed by atoms with Gasteiger partial charge in [0.1, 0.15) is 0 Å². The summed E-state index contributed by atoms with van der Waals surface area (Å²) in [7, 11) is 0. The van der Waals surface area contributed by atoms with Gasteiger partial charge in [-0.05, 0) is 37.1 Å². The molecule has 0 atom stereocenters. The molecule has 0 unspecified atom stereocenters. The van der Waals surface area contributed by atoms with Gasteiger partial charge in [0.2, 0.25) is 5.91 Å². The molecule has 0 saturated carbocycles. The molecule has 0 saturated heterocycles. The standard InChI is InChI=1S/C13H13NO3/c1-8-6-10(4-3-5-11(14)15)7-9(2)12(8)13(16)17/h6-7H,5H2,1-2H3,(H2,14,15)(H,16,17). The molecule has 0 aliphatic heterocycles. The quantitative estimate of drug-likeness (QED) is 0.751. The van der Waals surface area contributed by atoms with E-state index >= 15 is 0 Å². The number of carboxylic acids is 1. The van der Waals surface area contributed by atoms with Crippen molar-refractivity contribution in [3.63, 3.8) is 0 Å². The topological polar surface area (TPSA) is 80.4 Å². The number of benzene rings is 1. The summed E-state index contributed by atoms with van der Waals surface area (Å²) >= 11 is 0. The van der Waals surface area contributed by atoms with Gasteiger partial charge in [0.25, 0.3) is 0 Å². The van der Waals surface area contributed by atoms with Gasteiger partial charge in [-0.1, -0.05) is 11.8 Å². The molecular formula is C13H13NO3. The smallest absolute Gasteiger partial charge is 0.336 e. The van der Waals surface area contributed by atoms with Crippen molar-refractivity contribution in [1.29, 1.82) is 0 Å². The number of nitrogens with two attached hydrogens (primary N) is 1. The molecule has 1 rings (SSSR count). The Kier molecular flexibility index (Phi) is 3.89. The Labute approximate surface area is 99.4 Å². The molecule has 0 fully saturated rings. The van der Waals surface area contributed by atoms with Crippen LogP contribution in [0.25, 0.3) is 0 Å². The maximum absolute atomic E-state index is 11.0. The van der Waals surface area contributed by atoms with Crippen molar-refractivity contribution in [2.45, 2.75) is 20.3 Å². The van der Waals surface area contributed by atoms with Gasteiger partial charge in [-0.2, -0.15) is 0 Å². The number of hydrogen-bond donors (Lipinski definition) is 2. The second kappa shape index (κ2) is 5.17. The van der Waals surface area contributed by atoms with Crippen LogP contribution in [0.2, 0.25) is 0 Å². The molecule has 0 bridgehead atoms. The fourth-order valence-electron chi connectivity index (χ4n) is 1.61. The van der Waals surface area contributed by atoms with Gasteiger partial charge in [-0.3, -0.25) is 4.79 Å². The summed E-state index contributed by atoms with van der Waals surface area (Å²) < 4.78 is 0. The summed E-state index contributed by atoms with van der Waals surface area (Å²) in [5.74, 6) is 3.99. The molecular weight excluding hydrogens is 218 g/mol. The lowest BCUT2D eigenvalue weighted by Crippen LogP contribution is -2.08. The van der Waals surface area contributed by atoms with Crippen LogP contribution in [-0.4, -0.2) is 17.0 Å².